The summed E-state index contributed by atoms with van der Waals surface area (Å²) < 4.78 is 4.89. The third-order valence-corrected chi connectivity index (χ3v) is 3.34. The maximum absolute atomic E-state index is 12.1. The van der Waals surface area contributed by atoms with E-state index in [4.69, 9.17) is 4.42 Å². The van der Waals surface area contributed by atoms with Gasteiger partial charge in [-0.3, -0.25) is 4.79 Å². The SMILES string of the molecule is C[C@@]1(C(=O)O)CCCN1C(=O)Cc1ccoc1. The summed E-state index contributed by atoms with van der Waals surface area (Å²) in [6, 6.07) is 1.71. The molecule has 2 heterocycles. The molecule has 1 fully saturated rings. The van der Waals surface area contributed by atoms with Gasteiger partial charge in [0.15, 0.2) is 0 Å². The van der Waals surface area contributed by atoms with Gasteiger partial charge in [0, 0.05) is 6.54 Å². The van der Waals surface area contributed by atoms with Crippen molar-refractivity contribution in [2.24, 2.45) is 0 Å². The van der Waals surface area contributed by atoms with Gasteiger partial charge in [-0.25, -0.2) is 4.79 Å². The van der Waals surface area contributed by atoms with Gasteiger partial charge in [-0.05, 0) is 31.4 Å². The van der Waals surface area contributed by atoms with Gasteiger partial charge in [-0.1, -0.05) is 0 Å². The number of carbonyl (C=O) groups excluding carboxylic acids is 1. The minimum absolute atomic E-state index is 0.159. The van der Waals surface area contributed by atoms with Gasteiger partial charge in [-0.2, -0.15) is 0 Å². The fourth-order valence-electron chi connectivity index (χ4n) is 2.25. The Morgan fingerprint density at radius 3 is 2.94 bits per heavy atom. The highest BCUT2D eigenvalue weighted by Gasteiger charge is 2.45. The van der Waals surface area contributed by atoms with E-state index in [1.54, 1.807) is 13.0 Å². The maximum atomic E-state index is 12.1. The molecule has 1 aromatic rings. The Bertz CT molecular complexity index is 426. The van der Waals surface area contributed by atoms with Crippen LogP contribution in [0.25, 0.3) is 0 Å². The lowest BCUT2D eigenvalue weighted by molar-refractivity contribution is -0.155. The lowest BCUT2D eigenvalue weighted by atomic mass is 9.99. The molecule has 1 N–H and O–H groups in total. The van der Waals surface area contributed by atoms with Crippen molar-refractivity contribution in [1.82, 2.24) is 4.90 Å². The summed E-state index contributed by atoms with van der Waals surface area (Å²) in [4.78, 5) is 24.7. The summed E-state index contributed by atoms with van der Waals surface area (Å²) in [5.41, 5.74) is -0.282. The Labute approximate surface area is 99.0 Å². The Kier molecular flexibility index (Phi) is 2.92. The second-order valence-corrected chi connectivity index (χ2v) is 4.54. The molecule has 5 heteroatoms. The molecule has 0 bridgehead atoms. The number of carboxylic acid groups (broad SMARTS) is 1. The predicted molar refractivity (Wildman–Crippen MR) is 59.4 cm³/mol. The van der Waals surface area contributed by atoms with Crippen molar-refractivity contribution in [3.63, 3.8) is 0 Å². The van der Waals surface area contributed by atoms with E-state index in [1.165, 1.54) is 17.4 Å². The Morgan fingerprint density at radius 1 is 1.59 bits per heavy atom. The van der Waals surface area contributed by atoms with Crippen LogP contribution in [0.2, 0.25) is 0 Å². The highest BCUT2D eigenvalue weighted by Crippen LogP contribution is 2.29. The number of hydrogen-bond donors (Lipinski definition) is 1. The molecule has 92 valence electrons. The molecular weight excluding hydrogens is 222 g/mol. The van der Waals surface area contributed by atoms with Crippen LogP contribution in [-0.2, 0) is 16.0 Å². The first-order valence-corrected chi connectivity index (χ1v) is 5.59. The third kappa shape index (κ3) is 2.05. The molecule has 0 unspecified atom stereocenters. The van der Waals surface area contributed by atoms with Gasteiger partial charge in [-0.15, -0.1) is 0 Å². The van der Waals surface area contributed by atoms with E-state index in [1.807, 2.05) is 0 Å². The van der Waals surface area contributed by atoms with Crippen LogP contribution in [0.15, 0.2) is 23.0 Å². The van der Waals surface area contributed by atoms with Crippen LogP contribution in [0.1, 0.15) is 25.3 Å². The number of amides is 1. The fourth-order valence-corrected chi connectivity index (χ4v) is 2.25. The van der Waals surface area contributed by atoms with Crippen molar-refractivity contribution in [1.29, 1.82) is 0 Å². The summed E-state index contributed by atoms with van der Waals surface area (Å²) in [6.07, 6.45) is 4.45. The molecule has 1 aromatic heterocycles. The quantitative estimate of drug-likeness (QED) is 0.859. The fraction of sp³-hybridized carbons (Fsp3) is 0.500. The molecule has 17 heavy (non-hydrogen) atoms. The van der Waals surface area contributed by atoms with Crippen molar-refractivity contribution in [3.05, 3.63) is 24.2 Å². The largest absolute Gasteiger partial charge is 0.480 e. The molecule has 2 rings (SSSR count). The van der Waals surface area contributed by atoms with E-state index in [-0.39, 0.29) is 12.3 Å². The molecule has 1 saturated heterocycles. The predicted octanol–water partition coefficient (Wildman–Crippen LogP) is 1.29. The zero-order chi connectivity index (χ0) is 12.5. The molecule has 0 aliphatic carbocycles. The van der Waals surface area contributed by atoms with E-state index >= 15 is 0 Å². The molecule has 0 aromatic carbocycles. The van der Waals surface area contributed by atoms with Gasteiger partial charge in [0.1, 0.15) is 5.54 Å². The number of rotatable bonds is 3. The summed E-state index contributed by atoms with van der Waals surface area (Å²) >= 11 is 0. The van der Waals surface area contributed by atoms with Gasteiger partial charge < -0.3 is 14.4 Å². The summed E-state index contributed by atoms with van der Waals surface area (Å²) in [5.74, 6) is -1.09. The van der Waals surface area contributed by atoms with Crippen molar-refractivity contribution in [2.45, 2.75) is 31.7 Å². The van der Waals surface area contributed by atoms with Gasteiger partial charge >= 0.3 is 5.97 Å². The average Bonchev–Trinajstić information content (AvgIpc) is 2.87. The van der Waals surface area contributed by atoms with Gasteiger partial charge in [0.05, 0.1) is 18.9 Å². The number of carboxylic acids is 1. The normalized spacial score (nSPS) is 23.9. The molecule has 1 aliphatic heterocycles. The van der Waals surface area contributed by atoms with Gasteiger partial charge in [0.25, 0.3) is 0 Å². The molecule has 0 spiro atoms. The van der Waals surface area contributed by atoms with Crippen LogP contribution in [0, 0.1) is 0 Å². The molecule has 1 aliphatic rings. The maximum Gasteiger partial charge on any atom is 0.329 e. The minimum atomic E-state index is -1.05. The molecule has 1 atom stereocenters. The lowest BCUT2D eigenvalue weighted by Crippen LogP contribution is -2.51. The van der Waals surface area contributed by atoms with Crippen LogP contribution >= 0.6 is 0 Å². The number of carbonyl (C=O) groups is 2. The monoisotopic (exact) mass is 237 g/mol. The van der Waals surface area contributed by atoms with Crippen molar-refractivity contribution in [3.8, 4) is 0 Å². The minimum Gasteiger partial charge on any atom is -0.480 e. The van der Waals surface area contributed by atoms with E-state index in [9.17, 15) is 14.7 Å². The van der Waals surface area contributed by atoms with Crippen molar-refractivity contribution in [2.75, 3.05) is 6.54 Å². The highest BCUT2D eigenvalue weighted by molar-refractivity contribution is 5.88. The molecular formula is C12H15NO4. The van der Waals surface area contributed by atoms with Crippen LogP contribution in [0.5, 0.6) is 0 Å². The number of furan rings is 1. The number of nitrogens with zero attached hydrogens (tertiary/aromatic N) is 1. The van der Waals surface area contributed by atoms with E-state index in [0.29, 0.717) is 13.0 Å². The van der Waals surface area contributed by atoms with E-state index in [2.05, 4.69) is 0 Å². The van der Waals surface area contributed by atoms with Gasteiger partial charge in [0.2, 0.25) is 5.91 Å². The molecule has 5 nitrogen and oxygen atoms in total. The summed E-state index contributed by atoms with van der Waals surface area (Å²) in [7, 11) is 0. The average molecular weight is 237 g/mol. The smallest absolute Gasteiger partial charge is 0.329 e. The molecule has 1 amide bonds. The van der Waals surface area contributed by atoms with E-state index in [0.717, 1.165) is 12.0 Å². The second kappa shape index (κ2) is 4.24. The topological polar surface area (TPSA) is 70.8 Å². The van der Waals surface area contributed by atoms with E-state index < -0.39 is 11.5 Å². The molecule has 0 saturated carbocycles. The van der Waals surface area contributed by atoms with Crippen LogP contribution in [0.3, 0.4) is 0 Å². The number of hydrogen-bond acceptors (Lipinski definition) is 3. The number of aliphatic carboxylic acids is 1. The first-order valence-electron chi connectivity index (χ1n) is 5.59. The number of likely N-dealkylation sites (tertiary alicyclic amines) is 1. The first-order chi connectivity index (χ1) is 8.04. The standard InChI is InChI=1S/C12H15NO4/c1-12(11(15)16)4-2-5-13(12)10(14)7-9-3-6-17-8-9/h3,6,8H,2,4-5,7H2,1H3,(H,15,16)/t12-/m0/s1. The Morgan fingerprint density at radius 2 is 2.35 bits per heavy atom. The second-order valence-electron chi connectivity index (χ2n) is 4.54. The zero-order valence-electron chi connectivity index (χ0n) is 9.68. The van der Waals surface area contributed by atoms with Crippen molar-refractivity contribution >= 4 is 11.9 Å². The summed E-state index contributed by atoms with van der Waals surface area (Å²) in [6.45, 7) is 2.12. The highest BCUT2D eigenvalue weighted by atomic mass is 16.4. The van der Waals surface area contributed by atoms with Crippen LogP contribution in [-0.4, -0.2) is 34.0 Å². The zero-order valence-corrected chi connectivity index (χ0v) is 9.68. The Balaban J connectivity index is 2.11. The van der Waals surface area contributed by atoms with Crippen LogP contribution in [0.4, 0.5) is 0 Å². The summed E-state index contributed by atoms with van der Waals surface area (Å²) in [5, 5.41) is 9.21. The first kappa shape index (κ1) is 11.7. The Hall–Kier alpha value is -1.78. The van der Waals surface area contributed by atoms with Crippen molar-refractivity contribution < 1.29 is 19.1 Å². The molecule has 0 radical (unpaired) electrons. The third-order valence-electron chi connectivity index (χ3n) is 3.34. The lowest BCUT2D eigenvalue weighted by Gasteiger charge is -2.31. The van der Waals surface area contributed by atoms with Crippen LogP contribution < -0.4 is 0 Å².